The van der Waals surface area contributed by atoms with E-state index in [0.717, 1.165) is 16.4 Å². The predicted molar refractivity (Wildman–Crippen MR) is 72.0 cm³/mol. The number of nitrogens with one attached hydrogen (secondary N) is 1. The Morgan fingerprint density at radius 1 is 1.44 bits per heavy atom. The van der Waals surface area contributed by atoms with Crippen LogP contribution in [-0.2, 0) is 6.42 Å². The number of aromatic nitrogens is 3. The molecular formula is C10H10IN3OS. The maximum absolute atomic E-state index is 11.5. The van der Waals surface area contributed by atoms with Crippen molar-refractivity contribution in [2.24, 2.45) is 0 Å². The fraction of sp³-hybridized carbons (Fsp3) is 0.300. The summed E-state index contributed by atoms with van der Waals surface area (Å²) in [7, 11) is 0. The Morgan fingerprint density at radius 2 is 2.19 bits per heavy atom. The third-order valence-corrected chi connectivity index (χ3v) is 4.30. The molecule has 4 nitrogen and oxygen atoms in total. The van der Waals surface area contributed by atoms with Crippen LogP contribution in [0.25, 0.3) is 0 Å². The summed E-state index contributed by atoms with van der Waals surface area (Å²) in [5, 5.41) is 2.97. The van der Waals surface area contributed by atoms with Gasteiger partial charge in [0.1, 0.15) is 10.8 Å². The second-order valence-corrected chi connectivity index (χ2v) is 5.49. The van der Waals surface area contributed by atoms with Gasteiger partial charge in [0.2, 0.25) is 0 Å². The van der Waals surface area contributed by atoms with Crippen molar-refractivity contribution in [3.8, 4) is 0 Å². The quantitative estimate of drug-likeness (QED) is 0.846. The number of thiazole rings is 1. The van der Waals surface area contributed by atoms with Gasteiger partial charge in [0.15, 0.2) is 0 Å². The predicted octanol–water partition coefficient (Wildman–Crippen LogP) is 2.04. The van der Waals surface area contributed by atoms with E-state index in [4.69, 9.17) is 0 Å². The molecule has 2 aromatic rings. The molecule has 16 heavy (non-hydrogen) atoms. The summed E-state index contributed by atoms with van der Waals surface area (Å²) in [6.07, 6.45) is 0.589. The van der Waals surface area contributed by atoms with Crippen molar-refractivity contribution in [3.63, 3.8) is 0 Å². The summed E-state index contributed by atoms with van der Waals surface area (Å²) >= 11 is 3.59. The van der Waals surface area contributed by atoms with Crippen LogP contribution in [0.5, 0.6) is 0 Å². The number of rotatable bonds is 2. The Kier molecular flexibility index (Phi) is 3.38. The minimum absolute atomic E-state index is 0.0728. The van der Waals surface area contributed by atoms with Gasteiger partial charge in [-0.05, 0) is 36.4 Å². The molecule has 0 atom stereocenters. The molecular weight excluding hydrogens is 337 g/mol. The fourth-order valence-corrected chi connectivity index (χ4v) is 2.37. The van der Waals surface area contributed by atoms with Gasteiger partial charge in [0.25, 0.3) is 5.56 Å². The van der Waals surface area contributed by atoms with Gasteiger partial charge in [0, 0.05) is 11.1 Å². The molecule has 0 amide bonds. The van der Waals surface area contributed by atoms with Gasteiger partial charge in [-0.1, -0.05) is 0 Å². The van der Waals surface area contributed by atoms with Gasteiger partial charge in [-0.15, -0.1) is 11.3 Å². The number of H-pyrrole nitrogens is 1. The molecule has 6 heteroatoms. The molecule has 0 radical (unpaired) electrons. The topological polar surface area (TPSA) is 58.6 Å². The third-order valence-electron chi connectivity index (χ3n) is 2.06. The number of aromatic amines is 1. The van der Waals surface area contributed by atoms with Crippen LogP contribution in [0.3, 0.4) is 0 Å². The second-order valence-electron chi connectivity index (χ2n) is 3.47. The number of halogens is 1. The van der Waals surface area contributed by atoms with Crippen molar-refractivity contribution < 1.29 is 0 Å². The summed E-state index contributed by atoms with van der Waals surface area (Å²) in [5.41, 5.74) is 1.70. The van der Waals surface area contributed by atoms with E-state index in [9.17, 15) is 4.79 Å². The molecule has 0 fully saturated rings. The Balaban J connectivity index is 2.32. The van der Waals surface area contributed by atoms with Crippen molar-refractivity contribution in [2.45, 2.75) is 20.3 Å². The van der Waals surface area contributed by atoms with E-state index in [1.54, 1.807) is 11.3 Å². The molecule has 2 heterocycles. The van der Waals surface area contributed by atoms with Crippen molar-refractivity contribution >= 4 is 33.9 Å². The number of nitrogens with zero attached hydrogens (tertiary/aromatic N) is 2. The molecule has 0 aromatic carbocycles. The van der Waals surface area contributed by atoms with Gasteiger partial charge < -0.3 is 4.98 Å². The van der Waals surface area contributed by atoms with E-state index in [-0.39, 0.29) is 5.56 Å². The van der Waals surface area contributed by atoms with E-state index in [1.165, 1.54) is 0 Å². The zero-order valence-electron chi connectivity index (χ0n) is 8.87. The van der Waals surface area contributed by atoms with Crippen molar-refractivity contribution in [3.05, 3.63) is 41.5 Å². The second kappa shape index (κ2) is 4.62. The largest absolute Gasteiger partial charge is 0.309 e. The SMILES string of the molecule is Cc1csc(Cc2nc(C)c(I)c(=O)[nH]2)n1. The smallest absolute Gasteiger partial charge is 0.264 e. The first-order valence-corrected chi connectivity index (χ1v) is 6.68. The van der Waals surface area contributed by atoms with E-state index >= 15 is 0 Å². The van der Waals surface area contributed by atoms with Gasteiger partial charge >= 0.3 is 0 Å². The van der Waals surface area contributed by atoms with E-state index in [0.29, 0.717) is 15.8 Å². The zero-order chi connectivity index (χ0) is 11.7. The molecule has 2 rings (SSSR count). The molecule has 2 aromatic heterocycles. The highest BCUT2D eigenvalue weighted by Gasteiger charge is 2.07. The van der Waals surface area contributed by atoms with Crippen LogP contribution in [0.15, 0.2) is 10.2 Å². The van der Waals surface area contributed by atoms with Crippen LogP contribution < -0.4 is 5.56 Å². The Labute approximate surface area is 110 Å². The van der Waals surface area contributed by atoms with Crippen molar-refractivity contribution in [1.29, 1.82) is 0 Å². The normalized spacial score (nSPS) is 10.7. The fourth-order valence-electron chi connectivity index (χ4n) is 1.34. The van der Waals surface area contributed by atoms with Crippen LogP contribution in [0.2, 0.25) is 0 Å². The summed E-state index contributed by atoms with van der Waals surface area (Å²) in [4.78, 5) is 23.0. The molecule has 84 valence electrons. The number of hydrogen-bond acceptors (Lipinski definition) is 4. The van der Waals surface area contributed by atoms with Gasteiger partial charge in [-0.25, -0.2) is 9.97 Å². The highest BCUT2D eigenvalue weighted by atomic mass is 127. The standard InChI is InChI=1S/C10H10IN3OS/c1-5-4-16-8(12-5)3-7-13-6(2)9(11)10(15)14-7/h4H,3H2,1-2H3,(H,13,14,15). The van der Waals surface area contributed by atoms with Gasteiger partial charge in [-0.2, -0.15) is 0 Å². The summed E-state index contributed by atoms with van der Waals surface area (Å²) < 4.78 is 0.650. The summed E-state index contributed by atoms with van der Waals surface area (Å²) in [6, 6.07) is 0. The summed E-state index contributed by atoms with van der Waals surface area (Å²) in [5.74, 6) is 0.678. The van der Waals surface area contributed by atoms with Crippen molar-refractivity contribution in [2.75, 3.05) is 0 Å². The van der Waals surface area contributed by atoms with Crippen LogP contribution >= 0.6 is 33.9 Å². The van der Waals surface area contributed by atoms with Crippen LogP contribution in [-0.4, -0.2) is 15.0 Å². The molecule has 0 aliphatic carbocycles. The average molecular weight is 347 g/mol. The van der Waals surface area contributed by atoms with E-state index in [1.807, 2.05) is 41.8 Å². The monoisotopic (exact) mass is 347 g/mol. The lowest BCUT2D eigenvalue weighted by Crippen LogP contribution is -2.16. The molecule has 0 bridgehead atoms. The number of hydrogen-bond donors (Lipinski definition) is 1. The lowest BCUT2D eigenvalue weighted by molar-refractivity contribution is 0.901. The maximum Gasteiger partial charge on any atom is 0.264 e. The Hall–Kier alpha value is -0.760. The number of aryl methyl sites for hydroxylation is 2. The Morgan fingerprint density at radius 3 is 2.75 bits per heavy atom. The minimum atomic E-state index is -0.0728. The van der Waals surface area contributed by atoms with Crippen LogP contribution in [0.1, 0.15) is 22.2 Å². The van der Waals surface area contributed by atoms with E-state index < -0.39 is 0 Å². The third kappa shape index (κ3) is 2.49. The van der Waals surface area contributed by atoms with Gasteiger partial charge in [-0.3, -0.25) is 4.79 Å². The highest BCUT2D eigenvalue weighted by molar-refractivity contribution is 14.1. The molecule has 0 aliphatic rings. The first-order chi connectivity index (χ1) is 7.56. The molecule has 0 saturated carbocycles. The lowest BCUT2D eigenvalue weighted by Gasteiger charge is -2.01. The van der Waals surface area contributed by atoms with Crippen LogP contribution in [0, 0.1) is 17.4 Å². The molecule has 0 spiro atoms. The first-order valence-electron chi connectivity index (χ1n) is 4.72. The minimum Gasteiger partial charge on any atom is -0.309 e. The summed E-state index contributed by atoms with van der Waals surface area (Å²) in [6.45, 7) is 3.79. The molecule has 0 saturated heterocycles. The lowest BCUT2D eigenvalue weighted by atomic mass is 10.3. The molecule has 1 N–H and O–H groups in total. The molecule has 0 aliphatic heterocycles. The first kappa shape index (κ1) is 11.7. The Bertz CT molecular complexity index is 576. The maximum atomic E-state index is 11.5. The average Bonchev–Trinajstić information content (AvgIpc) is 2.60. The van der Waals surface area contributed by atoms with E-state index in [2.05, 4.69) is 15.0 Å². The molecule has 0 unspecified atom stereocenters. The van der Waals surface area contributed by atoms with Crippen molar-refractivity contribution in [1.82, 2.24) is 15.0 Å². The van der Waals surface area contributed by atoms with Gasteiger partial charge in [0.05, 0.1) is 15.7 Å². The highest BCUT2D eigenvalue weighted by Crippen LogP contribution is 2.12. The van der Waals surface area contributed by atoms with Crippen LogP contribution in [0.4, 0.5) is 0 Å². The zero-order valence-corrected chi connectivity index (χ0v) is 11.8.